The van der Waals surface area contributed by atoms with Crippen LogP contribution >= 0.6 is 0 Å². The third-order valence-corrected chi connectivity index (χ3v) is 2.99. The number of hydrogen-bond acceptors (Lipinski definition) is 3. The fraction of sp³-hybridized carbons (Fsp3) is 0.727. The number of rotatable bonds is 7. The standard InChI is InChI=1S/C11H19F2N3O/c1-3-11(14,4-2)8-17-7-9-15-5-6-16(9)10(12)13/h5-6,10H,3-4,7-8,14H2,1-2H3. The Morgan fingerprint density at radius 3 is 2.65 bits per heavy atom. The molecule has 0 aliphatic carbocycles. The molecule has 0 atom stereocenters. The normalized spacial score (nSPS) is 12.4. The molecular formula is C11H19F2N3O. The largest absolute Gasteiger partial charge is 0.372 e. The Bertz CT molecular complexity index is 337. The Balaban J connectivity index is 2.48. The van der Waals surface area contributed by atoms with E-state index < -0.39 is 6.55 Å². The second kappa shape index (κ2) is 6.07. The molecule has 1 rings (SSSR count). The molecule has 4 nitrogen and oxygen atoms in total. The maximum atomic E-state index is 12.5. The molecule has 6 heteroatoms. The van der Waals surface area contributed by atoms with Crippen LogP contribution in [0.25, 0.3) is 0 Å². The summed E-state index contributed by atoms with van der Waals surface area (Å²) in [4.78, 5) is 3.83. The van der Waals surface area contributed by atoms with Crippen LogP contribution in [0.15, 0.2) is 12.4 Å². The lowest BCUT2D eigenvalue weighted by molar-refractivity contribution is 0.0386. The first-order chi connectivity index (χ1) is 8.02. The lowest BCUT2D eigenvalue weighted by atomic mass is 9.96. The predicted octanol–water partition coefficient (Wildman–Crippen LogP) is 2.31. The van der Waals surface area contributed by atoms with Crippen LogP contribution in [0.5, 0.6) is 0 Å². The Labute approximate surface area is 99.8 Å². The summed E-state index contributed by atoms with van der Waals surface area (Å²) >= 11 is 0. The maximum absolute atomic E-state index is 12.5. The van der Waals surface area contributed by atoms with Crippen molar-refractivity contribution in [2.75, 3.05) is 6.61 Å². The highest BCUT2D eigenvalue weighted by Crippen LogP contribution is 2.15. The number of alkyl halides is 2. The summed E-state index contributed by atoms with van der Waals surface area (Å²) in [7, 11) is 0. The van der Waals surface area contributed by atoms with Gasteiger partial charge in [-0.3, -0.25) is 4.57 Å². The SMILES string of the molecule is CCC(N)(CC)COCc1nccn1C(F)F. The molecule has 0 amide bonds. The zero-order valence-corrected chi connectivity index (χ0v) is 10.2. The van der Waals surface area contributed by atoms with Crippen molar-refractivity contribution in [3.63, 3.8) is 0 Å². The highest BCUT2D eigenvalue weighted by molar-refractivity contribution is 4.91. The second-order valence-electron chi connectivity index (χ2n) is 4.09. The number of ether oxygens (including phenoxy) is 1. The third-order valence-electron chi connectivity index (χ3n) is 2.99. The van der Waals surface area contributed by atoms with Crippen molar-refractivity contribution in [2.24, 2.45) is 5.73 Å². The molecule has 98 valence electrons. The first-order valence-electron chi connectivity index (χ1n) is 5.69. The Morgan fingerprint density at radius 2 is 2.12 bits per heavy atom. The molecular weight excluding hydrogens is 228 g/mol. The van der Waals surface area contributed by atoms with Crippen LogP contribution < -0.4 is 5.73 Å². The van der Waals surface area contributed by atoms with Gasteiger partial charge in [-0.2, -0.15) is 8.78 Å². The second-order valence-corrected chi connectivity index (χ2v) is 4.09. The first kappa shape index (κ1) is 14.1. The summed E-state index contributed by atoms with van der Waals surface area (Å²) in [5.41, 5.74) is 5.65. The zero-order valence-electron chi connectivity index (χ0n) is 10.2. The van der Waals surface area contributed by atoms with E-state index in [1.54, 1.807) is 0 Å². The molecule has 0 aliphatic rings. The van der Waals surface area contributed by atoms with Crippen molar-refractivity contribution in [3.05, 3.63) is 18.2 Å². The highest BCUT2D eigenvalue weighted by Gasteiger charge is 2.21. The summed E-state index contributed by atoms with van der Waals surface area (Å²) in [6.07, 6.45) is 4.14. The summed E-state index contributed by atoms with van der Waals surface area (Å²) in [6.45, 7) is 1.77. The smallest absolute Gasteiger partial charge is 0.320 e. The van der Waals surface area contributed by atoms with Gasteiger partial charge in [0.25, 0.3) is 0 Å². The molecule has 0 spiro atoms. The van der Waals surface area contributed by atoms with Gasteiger partial charge in [-0.05, 0) is 12.8 Å². The number of halogens is 2. The van der Waals surface area contributed by atoms with Gasteiger partial charge in [0.15, 0.2) is 0 Å². The van der Waals surface area contributed by atoms with Gasteiger partial charge >= 0.3 is 6.55 Å². The van der Waals surface area contributed by atoms with E-state index in [9.17, 15) is 8.78 Å². The molecule has 0 bridgehead atoms. The predicted molar refractivity (Wildman–Crippen MR) is 60.6 cm³/mol. The number of imidazole rings is 1. The van der Waals surface area contributed by atoms with E-state index in [1.807, 2.05) is 13.8 Å². The monoisotopic (exact) mass is 247 g/mol. The number of nitrogens with two attached hydrogens (primary N) is 1. The Hall–Kier alpha value is -1.01. The molecule has 0 saturated heterocycles. The van der Waals surface area contributed by atoms with Crippen LogP contribution in [-0.2, 0) is 11.3 Å². The first-order valence-corrected chi connectivity index (χ1v) is 5.69. The highest BCUT2D eigenvalue weighted by atomic mass is 19.3. The molecule has 1 heterocycles. The van der Waals surface area contributed by atoms with Crippen molar-refractivity contribution in [1.82, 2.24) is 9.55 Å². The molecule has 1 aromatic heterocycles. The van der Waals surface area contributed by atoms with Gasteiger partial charge in [-0.25, -0.2) is 4.98 Å². The molecule has 1 aromatic rings. The van der Waals surface area contributed by atoms with Crippen LogP contribution in [0, 0.1) is 0 Å². The van der Waals surface area contributed by atoms with E-state index >= 15 is 0 Å². The molecule has 2 N–H and O–H groups in total. The van der Waals surface area contributed by atoms with Crippen LogP contribution in [-0.4, -0.2) is 21.7 Å². The third kappa shape index (κ3) is 3.74. The lowest BCUT2D eigenvalue weighted by Gasteiger charge is -2.26. The Kier molecular flexibility index (Phi) is 5.02. The summed E-state index contributed by atoms with van der Waals surface area (Å²) in [5, 5.41) is 0. The molecule has 0 saturated carbocycles. The van der Waals surface area contributed by atoms with Gasteiger partial charge in [-0.15, -0.1) is 0 Å². The van der Waals surface area contributed by atoms with Gasteiger partial charge in [0.1, 0.15) is 12.4 Å². The van der Waals surface area contributed by atoms with Gasteiger partial charge < -0.3 is 10.5 Å². The molecule has 0 radical (unpaired) electrons. The van der Waals surface area contributed by atoms with Crippen molar-refractivity contribution < 1.29 is 13.5 Å². The van der Waals surface area contributed by atoms with Crippen molar-refractivity contribution in [1.29, 1.82) is 0 Å². The average molecular weight is 247 g/mol. The zero-order chi connectivity index (χ0) is 12.9. The fourth-order valence-electron chi connectivity index (χ4n) is 1.43. The van der Waals surface area contributed by atoms with E-state index in [0.717, 1.165) is 17.4 Å². The topological polar surface area (TPSA) is 53.1 Å². The quantitative estimate of drug-likeness (QED) is 0.804. The molecule has 17 heavy (non-hydrogen) atoms. The van der Waals surface area contributed by atoms with Gasteiger partial charge in [0.05, 0.1) is 6.61 Å². The number of hydrogen-bond donors (Lipinski definition) is 1. The van der Waals surface area contributed by atoms with E-state index in [0.29, 0.717) is 6.61 Å². The van der Waals surface area contributed by atoms with Crippen LogP contribution in [0.4, 0.5) is 8.78 Å². The number of aromatic nitrogens is 2. The fourth-order valence-corrected chi connectivity index (χ4v) is 1.43. The summed E-state index contributed by atoms with van der Waals surface area (Å²) in [5.74, 6) is 0.217. The van der Waals surface area contributed by atoms with Gasteiger partial charge in [0, 0.05) is 17.9 Å². The molecule has 0 fully saturated rings. The maximum Gasteiger partial charge on any atom is 0.320 e. The van der Waals surface area contributed by atoms with Gasteiger partial charge in [0.2, 0.25) is 0 Å². The number of nitrogens with zero attached hydrogens (tertiary/aromatic N) is 2. The minimum absolute atomic E-state index is 0.0519. The van der Waals surface area contributed by atoms with E-state index in [4.69, 9.17) is 10.5 Å². The average Bonchev–Trinajstić information content (AvgIpc) is 2.77. The summed E-state index contributed by atoms with van der Waals surface area (Å²) < 4.78 is 31.2. The van der Waals surface area contributed by atoms with E-state index in [1.165, 1.54) is 12.4 Å². The van der Waals surface area contributed by atoms with Crippen molar-refractivity contribution in [2.45, 2.75) is 45.4 Å². The lowest BCUT2D eigenvalue weighted by Crippen LogP contribution is -2.43. The molecule has 0 aromatic carbocycles. The summed E-state index contributed by atoms with van der Waals surface area (Å²) in [6, 6.07) is 0. The van der Waals surface area contributed by atoms with Crippen LogP contribution in [0.3, 0.4) is 0 Å². The minimum Gasteiger partial charge on any atom is -0.372 e. The Morgan fingerprint density at radius 1 is 1.47 bits per heavy atom. The van der Waals surface area contributed by atoms with Crippen molar-refractivity contribution in [3.8, 4) is 0 Å². The van der Waals surface area contributed by atoms with Crippen LogP contribution in [0.2, 0.25) is 0 Å². The van der Waals surface area contributed by atoms with Crippen LogP contribution in [0.1, 0.15) is 39.1 Å². The van der Waals surface area contributed by atoms with Crippen molar-refractivity contribution >= 4 is 0 Å². The minimum atomic E-state index is -2.59. The van der Waals surface area contributed by atoms with E-state index in [2.05, 4.69) is 4.98 Å². The van der Waals surface area contributed by atoms with Gasteiger partial charge in [-0.1, -0.05) is 13.8 Å². The molecule has 0 aliphatic heterocycles. The van der Waals surface area contributed by atoms with E-state index in [-0.39, 0.29) is 18.0 Å². The molecule has 0 unspecified atom stereocenters.